The Morgan fingerprint density at radius 1 is 1.70 bits per heavy atom. The van der Waals surface area contributed by atoms with Gasteiger partial charge in [0.25, 0.3) is 0 Å². The van der Waals surface area contributed by atoms with E-state index < -0.39 is 0 Å². The molecule has 0 bridgehead atoms. The quantitative estimate of drug-likeness (QED) is 0.561. The summed E-state index contributed by atoms with van der Waals surface area (Å²) >= 11 is 1.88. The standard InChI is InChI=1S/C7H6N2S/c8-2-6-1-7-4-10-5-9(7)3-6/h1,3H,4-5H2. The average Bonchev–Trinajstić information content (AvgIpc) is 2.42. The minimum Gasteiger partial charge on any atom is -0.340 e. The maximum atomic E-state index is 8.52. The van der Waals surface area contributed by atoms with Gasteiger partial charge in [-0.05, 0) is 6.07 Å². The molecule has 1 aliphatic heterocycles. The zero-order valence-corrected chi connectivity index (χ0v) is 6.19. The van der Waals surface area contributed by atoms with E-state index in [4.69, 9.17) is 5.26 Å². The molecule has 0 spiro atoms. The summed E-state index contributed by atoms with van der Waals surface area (Å²) in [6, 6.07) is 4.08. The highest BCUT2D eigenvalue weighted by atomic mass is 32.2. The second-order valence-electron chi connectivity index (χ2n) is 2.28. The van der Waals surface area contributed by atoms with Crippen LogP contribution in [0.5, 0.6) is 0 Å². The van der Waals surface area contributed by atoms with Crippen molar-refractivity contribution in [1.82, 2.24) is 4.57 Å². The first kappa shape index (κ1) is 5.87. The number of thioether (sulfide) groups is 1. The Balaban J connectivity index is 2.49. The van der Waals surface area contributed by atoms with Crippen molar-refractivity contribution in [2.45, 2.75) is 11.6 Å². The fraction of sp³-hybridized carbons (Fsp3) is 0.286. The minimum absolute atomic E-state index is 0.787. The molecule has 0 atom stereocenters. The van der Waals surface area contributed by atoms with E-state index in [0.717, 1.165) is 17.2 Å². The summed E-state index contributed by atoms with van der Waals surface area (Å²) in [5, 5.41) is 8.52. The van der Waals surface area contributed by atoms with Crippen molar-refractivity contribution in [3.8, 4) is 6.07 Å². The molecule has 2 nitrogen and oxygen atoms in total. The zero-order chi connectivity index (χ0) is 6.97. The van der Waals surface area contributed by atoms with Crippen molar-refractivity contribution in [3.63, 3.8) is 0 Å². The molecule has 3 heteroatoms. The molecule has 1 aromatic rings. The van der Waals surface area contributed by atoms with Crippen LogP contribution in [0, 0.1) is 11.3 Å². The van der Waals surface area contributed by atoms with Gasteiger partial charge in [-0.25, -0.2) is 0 Å². The van der Waals surface area contributed by atoms with Gasteiger partial charge in [-0.1, -0.05) is 0 Å². The highest BCUT2D eigenvalue weighted by Gasteiger charge is 2.10. The molecule has 0 amide bonds. The third-order valence-corrected chi connectivity index (χ3v) is 2.56. The van der Waals surface area contributed by atoms with Gasteiger partial charge in [0.1, 0.15) is 6.07 Å². The molecule has 2 heterocycles. The lowest BCUT2D eigenvalue weighted by atomic mass is 10.3. The predicted molar refractivity (Wildman–Crippen MR) is 40.4 cm³/mol. The molecular formula is C7H6N2S. The SMILES string of the molecule is N#Cc1cc2n(c1)CSC2. The molecule has 0 N–H and O–H groups in total. The van der Waals surface area contributed by atoms with Crippen LogP contribution >= 0.6 is 11.8 Å². The second-order valence-corrected chi connectivity index (χ2v) is 3.23. The topological polar surface area (TPSA) is 28.7 Å². The fourth-order valence-corrected chi connectivity index (χ4v) is 2.09. The van der Waals surface area contributed by atoms with E-state index in [-0.39, 0.29) is 0 Å². The van der Waals surface area contributed by atoms with Gasteiger partial charge < -0.3 is 4.57 Å². The van der Waals surface area contributed by atoms with E-state index in [1.807, 2.05) is 24.0 Å². The lowest BCUT2D eigenvalue weighted by Crippen LogP contribution is -1.85. The van der Waals surface area contributed by atoms with Crippen LogP contribution in [0.4, 0.5) is 0 Å². The molecule has 0 aliphatic carbocycles. The predicted octanol–water partition coefficient (Wildman–Crippen LogP) is 1.56. The molecule has 0 unspecified atom stereocenters. The van der Waals surface area contributed by atoms with E-state index >= 15 is 0 Å². The first-order valence-corrected chi connectivity index (χ1v) is 4.22. The van der Waals surface area contributed by atoms with Crippen LogP contribution in [0.2, 0.25) is 0 Å². The maximum Gasteiger partial charge on any atom is 0.101 e. The number of hydrogen-bond acceptors (Lipinski definition) is 2. The first-order chi connectivity index (χ1) is 4.90. The lowest BCUT2D eigenvalue weighted by molar-refractivity contribution is 0.888. The normalized spacial score (nSPS) is 14.7. The van der Waals surface area contributed by atoms with Crippen LogP contribution in [0.15, 0.2) is 12.3 Å². The Labute approximate surface area is 63.5 Å². The molecule has 2 rings (SSSR count). The molecule has 1 aliphatic rings. The van der Waals surface area contributed by atoms with E-state index in [0.29, 0.717) is 0 Å². The minimum atomic E-state index is 0.787. The highest BCUT2D eigenvalue weighted by Crippen LogP contribution is 2.24. The number of aromatic nitrogens is 1. The van der Waals surface area contributed by atoms with Crippen molar-refractivity contribution >= 4 is 11.8 Å². The molecule has 0 fully saturated rings. The lowest BCUT2D eigenvalue weighted by Gasteiger charge is -1.89. The first-order valence-electron chi connectivity index (χ1n) is 3.07. The Morgan fingerprint density at radius 3 is 3.30 bits per heavy atom. The number of hydrogen-bond donors (Lipinski definition) is 0. The van der Waals surface area contributed by atoms with E-state index in [1.54, 1.807) is 0 Å². The Hall–Kier alpha value is -0.880. The number of rotatable bonds is 0. The summed E-state index contributed by atoms with van der Waals surface area (Å²) in [4.78, 5) is 0. The van der Waals surface area contributed by atoms with Gasteiger partial charge in [0.2, 0.25) is 0 Å². The smallest absolute Gasteiger partial charge is 0.101 e. The maximum absolute atomic E-state index is 8.52. The van der Waals surface area contributed by atoms with Gasteiger partial charge in [-0.3, -0.25) is 0 Å². The third kappa shape index (κ3) is 0.729. The number of fused-ring (bicyclic) bond motifs is 1. The van der Waals surface area contributed by atoms with Crippen LogP contribution in [0.3, 0.4) is 0 Å². The molecule has 0 saturated carbocycles. The highest BCUT2D eigenvalue weighted by molar-refractivity contribution is 7.97. The Bertz CT molecular complexity index is 274. The summed E-state index contributed by atoms with van der Waals surface area (Å²) < 4.78 is 2.13. The van der Waals surface area contributed by atoms with Gasteiger partial charge in [0.05, 0.1) is 11.4 Å². The van der Waals surface area contributed by atoms with Crippen LogP contribution in [-0.4, -0.2) is 4.57 Å². The van der Waals surface area contributed by atoms with Gasteiger partial charge in [0, 0.05) is 17.6 Å². The van der Waals surface area contributed by atoms with Gasteiger partial charge >= 0.3 is 0 Å². The number of nitrogens with zero attached hydrogens (tertiary/aromatic N) is 2. The largest absolute Gasteiger partial charge is 0.340 e. The van der Waals surface area contributed by atoms with Crippen molar-refractivity contribution in [1.29, 1.82) is 5.26 Å². The fourth-order valence-electron chi connectivity index (χ4n) is 1.10. The van der Waals surface area contributed by atoms with E-state index in [9.17, 15) is 0 Å². The average molecular weight is 150 g/mol. The van der Waals surface area contributed by atoms with Crippen molar-refractivity contribution in [2.24, 2.45) is 0 Å². The zero-order valence-electron chi connectivity index (χ0n) is 5.37. The summed E-state index contributed by atoms with van der Waals surface area (Å²) in [5.74, 6) is 2.07. The molecule has 50 valence electrons. The van der Waals surface area contributed by atoms with Crippen molar-refractivity contribution < 1.29 is 0 Å². The van der Waals surface area contributed by atoms with Crippen LogP contribution in [0.25, 0.3) is 0 Å². The molecule has 10 heavy (non-hydrogen) atoms. The molecule has 1 aromatic heterocycles. The van der Waals surface area contributed by atoms with Gasteiger partial charge in [-0.15, -0.1) is 11.8 Å². The monoisotopic (exact) mass is 150 g/mol. The molecule has 0 aromatic carbocycles. The third-order valence-electron chi connectivity index (χ3n) is 1.60. The Morgan fingerprint density at radius 2 is 2.60 bits per heavy atom. The van der Waals surface area contributed by atoms with Gasteiger partial charge in [-0.2, -0.15) is 5.26 Å². The van der Waals surface area contributed by atoms with Crippen LogP contribution in [-0.2, 0) is 11.6 Å². The van der Waals surface area contributed by atoms with E-state index in [2.05, 4.69) is 10.6 Å². The summed E-state index contributed by atoms with van der Waals surface area (Å²) in [6.45, 7) is 0. The summed E-state index contributed by atoms with van der Waals surface area (Å²) in [6.07, 6.45) is 1.91. The van der Waals surface area contributed by atoms with Gasteiger partial charge in [0.15, 0.2) is 0 Å². The van der Waals surface area contributed by atoms with Crippen LogP contribution < -0.4 is 0 Å². The second kappa shape index (κ2) is 2.06. The number of nitriles is 1. The van der Waals surface area contributed by atoms with E-state index in [1.165, 1.54) is 5.69 Å². The molecule has 0 saturated heterocycles. The van der Waals surface area contributed by atoms with Crippen LogP contribution in [0.1, 0.15) is 11.3 Å². The molecule has 0 radical (unpaired) electrons. The molecular weight excluding hydrogens is 144 g/mol. The van der Waals surface area contributed by atoms with Crippen molar-refractivity contribution in [2.75, 3.05) is 0 Å². The Kier molecular flexibility index (Phi) is 1.21. The summed E-state index contributed by atoms with van der Waals surface area (Å²) in [5.41, 5.74) is 2.07. The van der Waals surface area contributed by atoms with Crippen molar-refractivity contribution in [3.05, 3.63) is 23.5 Å². The summed E-state index contributed by atoms with van der Waals surface area (Å²) in [7, 11) is 0.